The first kappa shape index (κ1) is 17.2. The van der Waals surface area contributed by atoms with Crippen LogP contribution >= 0.6 is 0 Å². The van der Waals surface area contributed by atoms with Crippen molar-refractivity contribution in [3.8, 4) is 0 Å². The predicted octanol–water partition coefficient (Wildman–Crippen LogP) is 3.72. The molecule has 1 rings (SSSR count). The zero-order valence-corrected chi connectivity index (χ0v) is 13.9. The van der Waals surface area contributed by atoms with E-state index in [0.29, 0.717) is 6.04 Å². The first-order valence-electron chi connectivity index (χ1n) is 8.08. The maximum Gasteiger partial charge on any atom is 0.0331 e. The Morgan fingerprint density at radius 3 is 2.15 bits per heavy atom. The highest BCUT2D eigenvalue weighted by atomic mass is 15.2. The smallest absolute Gasteiger partial charge is 0.0331 e. The molecule has 2 nitrogen and oxygen atoms in total. The van der Waals surface area contributed by atoms with Gasteiger partial charge in [-0.2, -0.15) is 0 Å². The van der Waals surface area contributed by atoms with Crippen molar-refractivity contribution < 1.29 is 0 Å². The molecule has 2 heteroatoms. The molecule has 0 spiro atoms. The average molecular weight is 276 g/mol. The number of benzene rings is 1. The van der Waals surface area contributed by atoms with Crippen molar-refractivity contribution in [1.82, 2.24) is 10.2 Å². The molecule has 0 amide bonds. The molecule has 0 saturated heterocycles. The van der Waals surface area contributed by atoms with Crippen LogP contribution in [0.5, 0.6) is 0 Å². The Morgan fingerprint density at radius 1 is 1.10 bits per heavy atom. The van der Waals surface area contributed by atoms with E-state index in [1.54, 1.807) is 0 Å². The van der Waals surface area contributed by atoms with Crippen LogP contribution in [-0.2, 0) is 6.42 Å². The minimum atomic E-state index is 0.229. The van der Waals surface area contributed by atoms with Gasteiger partial charge in [0.1, 0.15) is 0 Å². The van der Waals surface area contributed by atoms with Crippen LogP contribution in [0.1, 0.15) is 46.1 Å². The minimum Gasteiger partial charge on any atom is -0.315 e. The first-order chi connectivity index (χ1) is 9.62. The molecule has 0 saturated carbocycles. The van der Waals surface area contributed by atoms with Crippen molar-refractivity contribution in [1.29, 1.82) is 0 Å². The predicted molar refractivity (Wildman–Crippen MR) is 89.2 cm³/mol. The van der Waals surface area contributed by atoms with E-state index in [-0.39, 0.29) is 5.54 Å². The fourth-order valence-electron chi connectivity index (χ4n) is 3.36. The van der Waals surface area contributed by atoms with E-state index in [9.17, 15) is 0 Å². The summed E-state index contributed by atoms with van der Waals surface area (Å²) in [5, 5.41) is 3.57. The molecular formula is C18H32N2. The van der Waals surface area contributed by atoms with Crippen LogP contribution in [0.4, 0.5) is 0 Å². The lowest BCUT2D eigenvalue weighted by Crippen LogP contribution is -2.58. The van der Waals surface area contributed by atoms with E-state index < -0.39 is 0 Å². The molecule has 114 valence electrons. The molecule has 0 fully saturated rings. The number of nitrogens with one attached hydrogen (secondary N) is 1. The van der Waals surface area contributed by atoms with Crippen LogP contribution in [0.2, 0.25) is 0 Å². The maximum absolute atomic E-state index is 3.57. The van der Waals surface area contributed by atoms with E-state index >= 15 is 0 Å². The summed E-state index contributed by atoms with van der Waals surface area (Å²) in [6, 6.07) is 11.3. The highest BCUT2D eigenvalue weighted by Gasteiger charge is 2.35. The number of hydrogen-bond acceptors (Lipinski definition) is 2. The number of rotatable bonds is 9. The fourth-order valence-corrected chi connectivity index (χ4v) is 3.36. The number of nitrogens with zero attached hydrogens (tertiary/aromatic N) is 1. The molecule has 0 bridgehead atoms. The van der Waals surface area contributed by atoms with Gasteiger partial charge in [-0.1, -0.05) is 51.1 Å². The number of hydrogen-bond donors (Lipinski definition) is 1. The van der Waals surface area contributed by atoms with E-state index in [1.165, 1.54) is 18.4 Å². The second-order valence-corrected chi connectivity index (χ2v) is 5.75. The molecule has 0 aromatic heterocycles. The van der Waals surface area contributed by atoms with Crippen molar-refractivity contribution in [2.24, 2.45) is 0 Å². The standard InChI is InChI=1S/C18H32N2/c1-6-18(4,20(7-2)8-3)17(19-5)15-14-16-12-10-9-11-13-16/h9-13,17,19H,6-8,14-15H2,1-5H3. The summed E-state index contributed by atoms with van der Waals surface area (Å²) in [5.41, 5.74) is 1.67. The summed E-state index contributed by atoms with van der Waals surface area (Å²) < 4.78 is 0. The summed E-state index contributed by atoms with van der Waals surface area (Å²) in [7, 11) is 2.10. The molecule has 0 heterocycles. The lowest BCUT2D eigenvalue weighted by molar-refractivity contribution is 0.0698. The molecule has 1 N–H and O–H groups in total. The van der Waals surface area contributed by atoms with Crippen molar-refractivity contribution in [2.45, 2.75) is 58.5 Å². The van der Waals surface area contributed by atoms with Crippen molar-refractivity contribution in [2.75, 3.05) is 20.1 Å². The lowest BCUT2D eigenvalue weighted by atomic mass is 9.83. The van der Waals surface area contributed by atoms with Gasteiger partial charge in [0.15, 0.2) is 0 Å². The lowest BCUT2D eigenvalue weighted by Gasteiger charge is -2.46. The van der Waals surface area contributed by atoms with Crippen molar-refractivity contribution >= 4 is 0 Å². The number of likely N-dealkylation sites (N-methyl/N-ethyl adjacent to an activating group) is 2. The molecule has 0 radical (unpaired) electrons. The van der Waals surface area contributed by atoms with Gasteiger partial charge in [-0.15, -0.1) is 0 Å². The Labute approximate surface area is 125 Å². The molecule has 1 aromatic carbocycles. The molecule has 20 heavy (non-hydrogen) atoms. The molecule has 0 aliphatic rings. The van der Waals surface area contributed by atoms with Gasteiger partial charge in [-0.3, -0.25) is 4.90 Å². The minimum absolute atomic E-state index is 0.229. The van der Waals surface area contributed by atoms with Crippen LogP contribution in [0, 0.1) is 0 Å². The van der Waals surface area contributed by atoms with Crippen LogP contribution in [0.15, 0.2) is 30.3 Å². The molecule has 0 aliphatic heterocycles. The first-order valence-corrected chi connectivity index (χ1v) is 8.08. The Bertz CT molecular complexity index is 359. The van der Waals surface area contributed by atoms with E-state index in [4.69, 9.17) is 0 Å². The second-order valence-electron chi connectivity index (χ2n) is 5.75. The summed E-state index contributed by atoms with van der Waals surface area (Å²) in [6.07, 6.45) is 3.50. The van der Waals surface area contributed by atoms with Gasteiger partial charge >= 0.3 is 0 Å². The third-order valence-electron chi connectivity index (χ3n) is 4.87. The average Bonchev–Trinajstić information content (AvgIpc) is 2.50. The zero-order chi connectivity index (χ0) is 15.0. The van der Waals surface area contributed by atoms with Crippen LogP contribution in [-0.4, -0.2) is 36.6 Å². The fraction of sp³-hybridized carbons (Fsp3) is 0.667. The van der Waals surface area contributed by atoms with Crippen LogP contribution < -0.4 is 5.32 Å². The quantitative estimate of drug-likeness (QED) is 0.739. The zero-order valence-electron chi connectivity index (χ0n) is 13.9. The normalized spacial score (nSPS) is 16.1. The second kappa shape index (κ2) is 8.43. The van der Waals surface area contributed by atoms with E-state index in [1.807, 2.05) is 0 Å². The Morgan fingerprint density at radius 2 is 1.70 bits per heavy atom. The molecule has 2 unspecified atom stereocenters. The van der Waals surface area contributed by atoms with Crippen molar-refractivity contribution in [3.05, 3.63) is 35.9 Å². The molecule has 2 atom stereocenters. The third kappa shape index (κ3) is 4.07. The highest BCUT2D eigenvalue weighted by molar-refractivity contribution is 5.15. The number of aryl methyl sites for hydroxylation is 1. The third-order valence-corrected chi connectivity index (χ3v) is 4.87. The molecular weight excluding hydrogens is 244 g/mol. The van der Waals surface area contributed by atoms with Gasteiger partial charge in [0, 0.05) is 11.6 Å². The highest BCUT2D eigenvalue weighted by Crippen LogP contribution is 2.26. The summed E-state index contributed by atoms with van der Waals surface area (Å²) >= 11 is 0. The Kier molecular flexibility index (Phi) is 7.25. The molecule has 0 aliphatic carbocycles. The van der Waals surface area contributed by atoms with E-state index in [0.717, 1.165) is 19.5 Å². The van der Waals surface area contributed by atoms with Gasteiger partial charge in [-0.05, 0) is 51.9 Å². The topological polar surface area (TPSA) is 15.3 Å². The molecule has 1 aromatic rings. The summed E-state index contributed by atoms with van der Waals surface area (Å²) in [4.78, 5) is 2.60. The summed E-state index contributed by atoms with van der Waals surface area (Å²) in [5.74, 6) is 0. The largest absolute Gasteiger partial charge is 0.315 e. The Hall–Kier alpha value is -0.860. The van der Waals surface area contributed by atoms with Gasteiger partial charge in [0.2, 0.25) is 0 Å². The van der Waals surface area contributed by atoms with Gasteiger partial charge < -0.3 is 5.32 Å². The van der Waals surface area contributed by atoms with Crippen LogP contribution in [0.3, 0.4) is 0 Å². The van der Waals surface area contributed by atoms with E-state index in [2.05, 4.69) is 75.3 Å². The van der Waals surface area contributed by atoms with Gasteiger partial charge in [0.05, 0.1) is 0 Å². The van der Waals surface area contributed by atoms with Gasteiger partial charge in [0.25, 0.3) is 0 Å². The van der Waals surface area contributed by atoms with Crippen LogP contribution in [0.25, 0.3) is 0 Å². The SMILES string of the molecule is CCN(CC)C(C)(CC)C(CCc1ccccc1)NC. The summed E-state index contributed by atoms with van der Waals surface area (Å²) in [6.45, 7) is 11.5. The monoisotopic (exact) mass is 276 g/mol. The van der Waals surface area contributed by atoms with Gasteiger partial charge in [-0.25, -0.2) is 0 Å². The Balaban J connectivity index is 2.76. The maximum atomic E-state index is 3.57. The van der Waals surface area contributed by atoms with Crippen molar-refractivity contribution in [3.63, 3.8) is 0 Å².